The Morgan fingerprint density at radius 3 is 2.93 bits per heavy atom. The lowest BCUT2D eigenvalue weighted by Gasteiger charge is -2.03. The van der Waals surface area contributed by atoms with Crippen LogP contribution in [0.25, 0.3) is 10.4 Å². The second-order valence-electron chi connectivity index (χ2n) is 2.40. The van der Waals surface area contributed by atoms with E-state index in [0.29, 0.717) is 0 Å². The van der Waals surface area contributed by atoms with Gasteiger partial charge in [-0.3, -0.25) is 4.79 Å². The molecule has 1 aromatic carbocycles. The van der Waals surface area contributed by atoms with Gasteiger partial charge in [0.2, 0.25) is 0 Å². The largest absolute Gasteiger partial charge is 0.355 e. The summed E-state index contributed by atoms with van der Waals surface area (Å²) in [6.45, 7) is 0. The van der Waals surface area contributed by atoms with E-state index < -0.39 is 11.7 Å². The fourth-order valence-electron chi connectivity index (χ4n) is 0.980. The third-order valence-corrected chi connectivity index (χ3v) is 1.60. The number of azide groups is 1. The van der Waals surface area contributed by atoms with Gasteiger partial charge in [-0.2, -0.15) is 0 Å². The van der Waals surface area contributed by atoms with Crippen LogP contribution in [0.1, 0.15) is 10.4 Å². The van der Waals surface area contributed by atoms with Crippen LogP contribution in [0, 0.1) is 5.82 Å². The van der Waals surface area contributed by atoms with Crippen LogP contribution >= 0.6 is 0 Å². The van der Waals surface area contributed by atoms with Gasteiger partial charge in [0.1, 0.15) is 5.82 Å². The molecule has 0 saturated carbocycles. The molecule has 14 heavy (non-hydrogen) atoms. The lowest BCUT2D eigenvalue weighted by atomic mass is 10.1. The summed E-state index contributed by atoms with van der Waals surface area (Å²) in [4.78, 5) is 13.6. The number of rotatable bonds is 2. The number of nitrogens with zero attached hydrogens (tertiary/aromatic N) is 3. The van der Waals surface area contributed by atoms with Gasteiger partial charge in [0.15, 0.2) is 0 Å². The van der Waals surface area contributed by atoms with Crippen molar-refractivity contribution in [2.24, 2.45) is 5.11 Å². The van der Waals surface area contributed by atoms with Crippen LogP contribution in [0.4, 0.5) is 10.1 Å². The molecule has 1 rings (SSSR count). The highest BCUT2D eigenvalue weighted by Gasteiger charge is 2.11. The highest BCUT2D eigenvalue weighted by Crippen LogP contribution is 2.23. The monoisotopic (exact) mass is 194 g/mol. The number of hydrogen-bond donors (Lipinski definition) is 1. The van der Waals surface area contributed by atoms with Crippen LogP contribution in [-0.2, 0) is 0 Å². The second-order valence-corrected chi connectivity index (χ2v) is 2.40. The lowest BCUT2D eigenvalue weighted by Crippen LogP contribution is -2.18. The predicted molar refractivity (Wildman–Crippen MR) is 48.6 cm³/mol. The van der Waals surface area contributed by atoms with Gasteiger partial charge in [0, 0.05) is 12.0 Å². The zero-order valence-electron chi connectivity index (χ0n) is 7.36. The number of amides is 1. The lowest BCUT2D eigenvalue weighted by molar-refractivity contribution is 0.0963. The van der Waals surface area contributed by atoms with Gasteiger partial charge in [0.25, 0.3) is 5.91 Å². The molecule has 0 saturated heterocycles. The summed E-state index contributed by atoms with van der Waals surface area (Å²) in [6, 6.07) is 3.87. The van der Waals surface area contributed by atoms with Crippen LogP contribution in [0.5, 0.6) is 0 Å². The van der Waals surface area contributed by atoms with Gasteiger partial charge < -0.3 is 5.32 Å². The number of benzene rings is 1. The van der Waals surface area contributed by atoms with E-state index in [2.05, 4.69) is 15.3 Å². The van der Waals surface area contributed by atoms with Crippen molar-refractivity contribution in [2.75, 3.05) is 7.05 Å². The summed E-state index contributed by atoms with van der Waals surface area (Å²) in [5, 5.41) is 5.44. The second kappa shape index (κ2) is 4.25. The van der Waals surface area contributed by atoms with E-state index in [1.165, 1.54) is 19.2 Å². The average molecular weight is 194 g/mol. The zero-order valence-corrected chi connectivity index (χ0v) is 7.36. The van der Waals surface area contributed by atoms with E-state index in [9.17, 15) is 9.18 Å². The quantitative estimate of drug-likeness (QED) is 0.437. The first-order valence-electron chi connectivity index (χ1n) is 3.76. The molecule has 0 atom stereocenters. The molecule has 1 amide bonds. The molecule has 1 N–H and O–H groups in total. The topological polar surface area (TPSA) is 77.9 Å². The fourth-order valence-corrected chi connectivity index (χ4v) is 0.980. The van der Waals surface area contributed by atoms with Gasteiger partial charge >= 0.3 is 0 Å². The minimum Gasteiger partial charge on any atom is -0.355 e. The molecule has 1 aromatic rings. The highest BCUT2D eigenvalue weighted by atomic mass is 19.1. The highest BCUT2D eigenvalue weighted by molar-refractivity contribution is 5.98. The number of nitrogens with one attached hydrogen (secondary N) is 1. The molecule has 0 radical (unpaired) electrons. The van der Waals surface area contributed by atoms with E-state index in [-0.39, 0.29) is 11.3 Å². The van der Waals surface area contributed by atoms with Crippen molar-refractivity contribution in [3.05, 3.63) is 40.0 Å². The van der Waals surface area contributed by atoms with E-state index in [4.69, 9.17) is 5.53 Å². The van der Waals surface area contributed by atoms with E-state index in [0.717, 1.165) is 6.07 Å². The van der Waals surface area contributed by atoms with Gasteiger partial charge in [-0.15, -0.1) is 0 Å². The summed E-state index contributed by atoms with van der Waals surface area (Å²) >= 11 is 0. The third-order valence-electron chi connectivity index (χ3n) is 1.60. The minimum atomic E-state index is -0.719. The van der Waals surface area contributed by atoms with Crippen LogP contribution in [0.3, 0.4) is 0 Å². The van der Waals surface area contributed by atoms with Crippen LogP contribution in [-0.4, -0.2) is 13.0 Å². The SMILES string of the molecule is CNC(=O)c1cccc(F)c1N=[N+]=[N-]. The Balaban J connectivity index is 3.34. The Labute approximate surface area is 79.2 Å². The first-order valence-corrected chi connectivity index (χ1v) is 3.76. The maximum Gasteiger partial charge on any atom is 0.251 e. The Kier molecular flexibility index (Phi) is 3.04. The standard InChI is InChI=1S/C8H7FN4O/c1-11-8(14)5-3-2-4-6(9)7(5)12-13-10/h2-4H,1H3,(H,11,14). The third kappa shape index (κ3) is 1.81. The Bertz CT molecular complexity index is 412. The molecule has 0 aliphatic heterocycles. The fraction of sp³-hybridized carbons (Fsp3) is 0.125. The molecule has 0 spiro atoms. The number of hydrogen-bond acceptors (Lipinski definition) is 2. The molecule has 5 nitrogen and oxygen atoms in total. The van der Waals surface area contributed by atoms with Gasteiger partial charge in [-0.1, -0.05) is 11.2 Å². The summed E-state index contributed by atoms with van der Waals surface area (Å²) in [7, 11) is 1.41. The molecule has 0 aliphatic carbocycles. The Morgan fingerprint density at radius 1 is 1.64 bits per heavy atom. The zero-order chi connectivity index (χ0) is 10.6. The molecule has 0 aromatic heterocycles. The predicted octanol–water partition coefficient (Wildman–Crippen LogP) is 2.13. The van der Waals surface area contributed by atoms with Gasteiger partial charge in [-0.05, 0) is 17.7 Å². The van der Waals surface area contributed by atoms with Crippen molar-refractivity contribution in [3.63, 3.8) is 0 Å². The van der Waals surface area contributed by atoms with Crippen molar-refractivity contribution in [1.29, 1.82) is 0 Å². The molecule has 6 heteroatoms. The van der Waals surface area contributed by atoms with Crippen molar-refractivity contribution in [3.8, 4) is 0 Å². The smallest absolute Gasteiger partial charge is 0.251 e. The molecule has 0 fully saturated rings. The summed E-state index contributed by atoms with van der Waals surface area (Å²) in [6.07, 6.45) is 0. The van der Waals surface area contributed by atoms with Crippen LogP contribution in [0.15, 0.2) is 23.3 Å². The average Bonchev–Trinajstić information content (AvgIpc) is 2.20. The maximum atomic E-state index is 13.1. The molecular formula is C8H7FN4O. The van der Waals surface area contributed by atoms with Crippen molar-refractivity contribution in [2.45, 2.75) is 0 Å². The van der Waals surface area contributed by atoms with Crippen molar-refractivity contribution in [1.82, 2.24) is 5.32 Å². The molecular weight excluding hydrogens is 187 g/mol. The first-order chi connectivity index (χ1) is 6.70. The first kappa shape index (κ1) is 10.0. The van der Waals surface area contributed by atoms with E-state index >= 15 is 0 Å². The van der Waals surface area contributed by atoms with Gasteiger partial charge in [0.05, 0.1) is 11.3 Å². The summed E-state index contributed by atoms with van der Waals surface area (Å²) in [5.41, 5.74) is 7.92. The van der Waals surface area contributed by atoms with Crippen LogP contribution in [0.2, 0.25) is 0 Å². The number of halogens is 1. The van der Waals surface area contributed by atoms with Crippen molar-refractivity contribution < 1.29 is 9.18 Å². The van der Waals surface area contributed by atoms with E-state index in [1.54, 1.807) is 0 Å². The normalized spacial score (nSPS) is 9.00. The van der Waals surface area contributed by atoms with Crippen LogP contribution < -0.4 is 5.32 Å². The molecule has 72 valence electrons. The van der Waals surface area contributed by atoms with Gasteiger partial charge in [-0.25, -0.2) is 4.39 Å². The maximum absolute atomic E-state index is 13.1. The summed E-state index contributed by atoms with van der Waals surface area (Å²) < 4.78 is 13.1. The van der Waals surface area contributed by atoms with E-state index in [1.807, 2.05) is 0 Å². The summed E-state index contributed by atoms with van der Waals surface area (Å²) in [5.74, 6) is -1.21. The molecule has 0 aliphatic rings. The Morgan fingerprint density at radius 2 is 2.36 bits per heavy atom. The Hall–Kier alpha value is -2.07. The minimum absolute atomic E-state index is 0.0188. The number of carbonyl (C=O) groups excluding carboxylic acids is 1. The molecule has 0 unspecified atom stereocenters. The molecule has 0 heterocycles. The molecule has 0 bridgehead atoms. The van der Waals surface area contributed by atoms with Crippen molar-refractivity contribution >= 4 is 11.6 Å². The number of carbonyl (C=O) groups is 1.